The van der Waals surface area contributed by atoms with Crippen molar-refractivity contribution in [1.29, 1.82) is 0 Å². The van der Waals surface area contributed by atoms with Crippen LogP contribution in [0.4, 0.5) is 0 Å². The van der Waals surface area contributed by atoms with Crippen molar-refractivity contribution in [2.45, 2.75) is 27.4 Å². The quantitative estimate of drug-likeness (QED) is 0.224. The highest BCUT2D eigenvalue weighted by Crippen LogP contribution is 2.47. The van der Waals surface area contributed by atoms with Crippen LogP contribution in [0.1, 0.15) is 23.6 Å². The normalized spacial score (nSPS) is 11.6. The summed E-state index contributed by atoms with van der Waals surface area (Å²) in [6.07, 6.45) is 0. The Morgan fingerprint density at radius 1 is 0.694 bits per heavy atom. The van der Waals surface area contributed by atoms with Crippen LogP contribution < -0.4 is 15.9 Å². The molecule has 36 heavy (non-hydrogen) atoms. The summed E-state index contributed by atoms with van der Waals surface area (Å²) < 4.78 is 21.5. The lowest BCUT2D eigenvalue weighted by atomic mass is 9.90. The van der Waals surface area contributed by atoms with Crippen LogP contribution in [-0.4, -0.2) is 6.61 Å². The summed E-state index contributed by atoms with van der Waals surface area (Å²) in [6.45, 7) is 7.38. The van der Waals surface area contributed by atoms with E-state index < -0.39 is 7.14 Å². The maximum absolute atomic E-state index is 15.5. The van der Waals surface area contributed by atoms with Crippen LogP contribution in [0.2, 0.25) is 0 Å². The van der Waals surface area contributed by atoms with Crippen molar-refractivity contribution in [3.05, 3.63) is 126 Å². The molecular weight excluding hydrogens is 459 g/mol. The van der Waals surface area contributed by atoms with Gasteiger partial charge in [-0.25, -0.2) is 0 Å². The first-order valence-corrected chi connectivity index (χ1v) is 14.2. The topological polar surface area (TPSA) is 26.3 Å². The first kappa shape index (κ1) is 24.3. The van der Waals surface area contributed by atoms with Gasteiger partial charge in [-0.2, -0.15) is 0 Å². The Morgan fingerprint density at radius 3 is 1.94 bits per heavy atom. The fourth-order valence-corrected chi connectivity index (χ4v) is 8.19. The molecule has 0 aliphatic rings. The van der Waals surface area contributed by atoms with Crippen molar-refractivity contribution >= 4 is 33.8 Å². The van der Waals surface area contributed by atoms with Gasteiger partial charge in [0.25, 0.3) is 0 Å². The molecule has 0 aromatic heterocycles. The van der Waals surface area contributed by atoms with E-state index in [1.165, 1.54) is 0 Å². The fourth-order valence-electron chi connectivity index (χ4n) is 5.17. The molecule has 0 fully saturated rings. The average Bonchev–Trinajstić information content (AvgIpc) is 2.92. The first-order valence-electron chi connectivity index (χ1n) is 12.5. The van der Waals surface area contributed by atoms with Gasteiger partial charge in [0.15, 0.2) is 7.14 Å². The van der Waals surface area contributed by atoms with Crippen LogP contribution >= 0.6 is 7.14 Å². The molecule has 5 rings (SSSR count). The lowest BCUT2D eigenvalue weighted by molar-refractivity contribution is 0.134. The van der Waals surface area contributed by atoms with E-state index in [0.29, 0.717) is 13.2 Å². The van der Waals surface area contributed by atoms with Crippen LogP contribution in [0.3, 0.4) is 0 Å². The molecule has 0 bridgehead atoms. The third-order valence-corrected chi connectivity index (χ3v) is 9.85. The molecule has 0 saturated heterocycles. The number of hydrogen-bond donors (Lipinski definition) is 0. The Hall–Kier alpha value is -3.45. The minimum atomic E-state index is -3.20. The minimum absolute atomic E-state index is 0.504. The highest BCUT2D eigenvalue weighted by molar-refractivity contribution is 7.85. The highest BCUT2D eigenvalue weighted by atomic mass is 31.2. The van der Waals surface area contributed by atoms with E-state index in [-0.39, 0.29) is 0 Å². The van der Waals surface area contributed by atoms with E-state index in [1.54, 1.807) is 0 Å². The molecule has 0 radical (unpaired) electrons. The van der Waals surface area contributed by atoms with Gasteiger partial charge in [-0.05, 0) is 59.9 Å². The van der Waals surface area contributed by atoms with Gasteiger partial charge < -0.3 is 9.30 Å². The molecule has 0 saturated carbocycles. The molecule has 0 heterocycles. The van der Waals surface area contributed by atoms with Crippen LogP contribution in [0.25, 0.3) is 21.9 Å². The monoisotopic (exact) mass is 490 g/mol. The number of fused-ring (bicyclic) bond motifs is 1. The van der Waals surface area contributed by atoms with Gasteiger partial charge >= 0.3 is 0 Å². The molecule has 180 valence electrons. The zero-order valence-electron chi connectivity index (χ0n) is 21.1. The Morgan fingerprint density at radius 2 is 1.31 bits per heavy atom. The third kappa shape index (κ3) is 4.32. The van der Waals surface area contributed by atoms with Crippen molar-refractivity contribution in [3.63, 3.8) is 0 Å². The molecule has 5 aromatic rings. The Kier molecular flexibility index (Phi) is 6.92. The van der Waals surface area contributed by atoms with Gasteiger partial charge in [0.2, 0.25) is 0 Å². The van der Waals surface area contributed by atoms with Crippen LogP contribution in [0, 0.1) is 13.8 Å². The predicted octanol–water partition coefficient (Wildman–Crippen LogP) is 7.30. The van der Waals surface area contributed by atoms with Crippen molar-refractivity contribution < 1.29 is 9.30 Å². The summed E-state index contributed by atoms with van der Waals surface area (Å²) in [6, 6.07) is 37.0. The number of aryl methyl sites for hydroxylation is 2. The van der Waals surface area contributed by atoms with E-state index in [0.717, 1.165) is 54.5 Å². The summed E-state index contributed by atoms with van der Waals surface area (Å²) in [5.74, 6) is 0. The van der Waals surface area contributed by atoms with Gasteiger partial charge in [0.1, 0.15) is 0 Å². The van der Waals surface area contributed by atoms with Gasteiger partial charge in [0.05, 0.1) is 6.61 Å². The standard InChI is InChI=1S/C33H31O2P/c1-4-35-23-27-20-19-26-13-11-12-18-30(26)33(27)32-25(3)21-24(2)22-31(32)36(34,28-14-7-5-8-15-28)29-16-9-6-10-17-29/h5-22H,4,23H2,1-3H3. The van der Waals surface area contributed by atoms with Gasteiger partial charge in [-0.15, -0.1) is 0 Å². The minimum Gasteiger partial charge on any atom is -0.377 e. The molecule has 2 nitrogen and oxygen atoms in total. The average molecular weight is 491 g/mol. The van der Waals surface area contributed by atoms with E-state index in [4.69, 9.17) is 4.74 Å². The molecule has 0 aliphatic carbocycles. The van der Waals surface area contributed by atoms with Crippen molar-refractivity contribution in [3.8, 4) is 11.1 Å². The summed E-state index contributed by atoms with van der Waals surface area (Å²) >= 11 is 0. The maximum Gasteiger partial charge on any atom is 0.171 e. The third-order valence-electron chi connectivity index (χ3n) is 6.76. The molecule has 3 heteroatoms. The zero-order chi connectivity index (χ0) is 25.1. The second-order valence-corrected chi connectivity index (χ2v) is 11.9. The Bertz CT molecular complexity index is 1510. The number of benzene rings is 5. The van der Waals surface area contributed by atoms with Crippen molar-refractivity contribution in [1.82, 2.24) is 0 Å². The molecule has 0 unspecified atom stereocenters. The Balaban J connectivity index is 1.92. The molecule has 0 N–H and O–H groups in total. The largest absolute Gasteiger partial charge is 0.377 e. The lowest BCUT2D eigenvalue weighted by Crippen LogP contribution is -2.27. The smallest absolute Gasteiger partial charge is 0.171 e. The molecule has 0 atom stereocenters. The number of ether oxygens (including phenoxy) is 1. The SMILES string of the molecule is CCOCc1ccc2ccccc2c1-c1c(C)cc(C)cc1P(=O)(c1ccccc1)c1ccccc1. The summed E-state index contributed by atoms with van der Waals surface area (Å²) in [5, 5.41) is 4.87. The molecular formula is C33H31O2P. The first-order chi connectivity index (χ1) is 17.5. The van der Waals surface area contributed by atoms with Crippen LogP contribution in [-0.2, 0) is 15.9 Å². The zero-order valence-corrected chi connectivity index (χ0v) is 22.0. The lowest BCUT2D eigenvalue weighted by Gasteiger charge is -2.26. The van der Waals surface area contributed by atoms with E-state index in [2.05, 4.69) is 62.4 Å². The molecule has 0 amide bonds. The maximum atomic E-state index is 15.5. The second-order valence-electron chi connectivity index (χ2n) is 9.21. The van der Waals surface area contributed by atoms with Gasteiger partial charge in [-0.1, -0.05) is 109 Å². The van der Waals surface area contributed by atoms with Gasteiger partial charge in [-0.3, -0.25) is 0 Å². The van der Waals surface area contributed by atoms with Gasteiger partial charge in [0, 0.05) is 22.5 Å². The summed E-state index contributed by atoms with van der Waals surface area (Å²) in [4.78, 5) is 0. The second kappa shape index (κ2) is 10.3. The fraction of sp³-hybridized carbons (Fsp3) is 0.152. The van der Waals surface area contributed by atoms with E-state index in [1.807, 2.05) is 67.6 Å². The number of hydrogen-bond acceptors (Lipinski definition) is 2. The van der Waals surface area contributed by atoms with Crippen LogP contribution in [0.5, 0.6) is 0 Å². The van der Waals surface area contributed by atoms with Crippen LogP contribution in [0.15, 0.2) is 109 Å². The summed E-state index contributed by atoms with van der Waals surface area (Å²) in [7, 11) is -3.20. The summed E-state index contributed by atoms with van der Waals surface area (Å²) in [5.41, 5.74) is 5.48. The predicted molar refractivity (Wildman–Crippen MR) is 154 cm³/mol. The van der Waals surface area contributed by atoms with Crippen molar-refractivity contribution in [2.75, 3.05) is 6.61 Å². The van der Waals surface area contributed by atoms with Crippen molar-refractivity contribution in [2.24, 2.45) is 0 Å². The van der Waals surface area contributed by atoms with E-state index >= 15 is 4.57 Å². The van der Waals surface area contributed by atoms with E-state index in [9.17, 15) is 0 Å². The molecule has 0 spiro atoms. The highest BCUT2D eigenvalue weighted by Gasteiger charge is 2.34. The molecule has 5 aromatic carbocycles. The Labute approximate surface area is 214 Å². The number of rotatable bonds is 7. The molecule has 0 aliphatic heterocycles.